The zero-order valence-corrected chi connectivity index (χ0v) is 9.76. The summed E-state index contributed by atoms with van der Waals surface area (Å²) in [4.78, 5) is 25.3. The summed E-state index contributed by atoms with van der Waals surface area (Å²) in [5.41, 5.74) is -0.146. The second-order valence-electron chi connectivity index (χ2n) is 3.61. The van der Waals surface area contributed by atoms with Crippen molar-refractivity contribution in [1.82, 2.24) is 4.98 Å². The highest BCUT2D eigenvalue weighted by atomic mass is 16.6. The minimum atomic E-state index is -0.633. The molecule has 0 atom stereocenters. The van der Waals surface area contributed by atoms with E-state index in [0.717, 1.165) is 0 Å². The monoisotopic (exact) mass is 239 g/mol. The van der Waals surface area contributed by atoms with Crippen LogP contribution in [0.2, 0.25) is 0 Å². The fourth-order valence-corrected chi connectivity index (χ4v) is 1.20. The third-order valence-corrected chi connectivity index (χ3v) is 1.89. The number of anilines is 1. The van der Waals surface area contributed by atoms with Crippen molar-refractivity contribution in [1.29, 1.82) is 0 Å². The molecule has 0 amide bonds. The minimum absolute atomic E-state index is 0.0289. The number of carbonyl (C=O) groups is 1. The van der Waals surface area contributed by atoms with E-state index in [1.165, 1.54) is 19.2 Å². The molecule has 0 saturated carbocycles. The Morgan fingerprint density at radius 1 is 1.53 bits per heavy atom. The second kappa shape index (κ2) is 5.24. The van der Waals surface area contributed by atoms with E-state index in [2.05, 4.69) is 15.0 Å². The van der Waals surface area contributed by atoms with Gasteiger partial charge in [0.1, 0.15) is 0 Å². The lowest BCUT2D eigenvalue weighted by atomic mass is 10.3. The van der Waals surface area contributed by atoms with Crippen molar-refractivity contribution in [3.63, 3.8) is 0 Å². The Hall–Kier alpha value is -2.18. The molecule has 17 heavy (non-hydrogen) atoms. The smallest absolute Gasteiger partial charge is 0.356 e. The fourth-order valence-electron chi connectivity index (χ4n) is 1.20. The van der Waals surface area contributed by atoms with Crippen LogP contribution < -0.4 is 5.32 Å². The Balaban J connectivity index is 3.18. The number of rotatable bonds is 4. The van der Waals surface area contributed by atoms with Gasteiger partial charge in [-0.3, -0.25) is 10.1 Å². The topological polar surface area (TPSA) is 94.4 Å². The maximum atomic E-state index is 11.3. The minimum Gasteiger partial charge on any atom is -0.464 e. The molecule has 0 spiro atoms. The quantitative estimate of drug-likeness (QED) is 0.487. The maximum Gasteiger partial charge on any atom is 0.356 e. The number of aromatic nitrogens is 1. The van der Waals surface area contributed by atoms with Crippen molar-refractivity contribution in [2.24, 2.45) is 0 Å². The summed E-state index contributed by atoms with van der Waals surface area (Å²) in [5, 5.41) is 13.6. The summed E-state index contributed by atoms with van der Waals surface area (Å²) in [5.74, 6) is -0.570. The molecule has 0 aromatic carbocycles. The zero-order chi connectivity index (χ0) is 13.0. The lowest BCUT2D eigenvalue weighted by Gasteiger charge is -2.09. The molecule has 92 valence electrons. The number of carbonyl (C=O) groups excluding carboxylic acids is 1. The van der Waals surface area contributed by atoms with Gasteiger partial charge in [-0.05, 0) is 19.9 Å². The Kier molecular flexibility index (Phi) is 3.97. The molecule has 0 saturated heterocycles. The normalized spacial score (nSPS) is 10.1. The molecule has 7 heteroatoms. The molecule has 0 fully saturated rings. The van der Waals surface area contributed by atoms with Crippen LogP contribution in [-0.4, -0.2) is 29.0 Å². The van der Waals surface area contributed by atoms with Gasteiger partial charge in [-0.15, -0.1) is 0 Å². The first-order valence-corrected chi connectivity index (χ1v) is 4.96. The van der Waals surface area contributed by atoms with Crippen LogP contribution >= 0.6 is 0 Å². The van der Waals surface area contributed by atoms with E-state index >= 15 is 0 Å². The summed E-state index contributed by atoms with van der Waals surface area (Å²) >= 11 is 0. The van der Waals surface area contributed by atoms with Gasteiger partial charge in [-0.1, -0.05) is 0 Å². The molecule has 1 N–H and O–H groups in total. The number of methoxy groups -OCH3 is 1. The van der Waals surface area contributed by atoms with Gasteiger partial charge in [0.05, 0.1) is 12.0 Å². The van der Waals surface area contributed by atoms with Crippen LogP contribution in [-0.2, 0) is 4.74 Å². The molecule has 1 aromatic rings. The summed E-state index contributed by atoms with van der Waals surface area (Å²) < 4.78 is 4.50. The average molecular weight is 239 g/mol. The number of nitrogens with zero attached hydrogens (tertiary/aromatic N) is 2. The van der Waals surface area contributed by atoms with Crippen molar-refractivity contribution >= 4 is 17.5 Å². The van der Waals surface area contributed by atoms with Gasteiger partial charge in [0.15, 0.2) is 5.69 Å². The van der Waals surface area contributed by atoms with Crippen LogP contribution in [0.25, 0.3) is 0 Å². The second-order valence-corrected chi connectivity index (χ2v) is 3.61. The summed E-state index contributed by atoms with van der Waals surface area (Å²) in [6.07, 6.45) is 0. The van der Waals surface area contributed by atoms with Gasteiger partial charge < -0.3 is 10.1 Å². The van der Waals surface area contributed by atoms with Gasteiger partial charge in [-0.2, -0.15) is 0 Å². The highest BCUT2D eigenvalue weighted by Gasteiger charge is 2.19. The first kappa shape index (κ1) is 12.9. The zero-order valence-electron chi connectivity index (χ0n) is 9.76. The van der Waals surface area contributed by atoms with Gasteiger partial charge in [0.25, 0.3) is 0 Å². The van der Waals surface area contributed by atoms with E-state index < -0.39 is 10.9 Å². The molecule has 0 aliphatic carbocycles. The van der Waals surface area contributed by atoms with Crippen LogP contribution in [0.1, 0.15) is 24.3 Å². The molecule has 0 radical (unpaired) electrons. The van der Waals surface area contributed by atoms with E-state index in [0.29, 0.717) is 0 Å². The Morgan fingerprint density at radius 2 is 2.18 bits per heavy atom. The number of ether oxygens (including phenoxy) is 1. The van der Waals surface area contributed by atoms with E-state index in [1.54, 1.807) is 0 Å². The molecule has 1 heterocycles. The van der Waals surface area contributed by atoms with E-state index in [4.69, 9.17) is 0 Å². The number of nitrogens with one attached hydrogen (secondary N) is 1. The lowest BCUT2D eigenvalue weighted by molar-refractivity contribution is -0.384. The predicted octanol–water partition coefficient (Wildman–Crippen LogP) is 1.60. The summed E-state index contributed by atoms with van der Waals surface area (Å²) in [6.45, 7) is 3.63. The van der Waals surface area contributed by atoms with Gasteiger partial charge in [-0.25, -0.2) is 9.78 Å². The van der Waals surface area contributed by atoms with Crippen LogP contribution in [0.5, 0.6) is 0 Å². The summed E-state index contributed by atoms with van der Waals surface area (Å²) in [7, 11) is 1.22. The van der Waals surface area contributed by atoms with Crippen molar-refractivity contribution in [3.8, 4) is 0 Å². The van der Waals surface area contributed by atoms with Crippen LogP contribution in [0.3, 0.4) is 0 Å². The molecule has 0 aliphatic rings. The number of esters is 1. The van der Waals surface area contributed by atoms with E-state index in [-0.39, 0.29) is 23.2 Å². The van der Waals surface area contributed by atoms with E-state index in [9.17, 15) is 14.9 Å². The van der Waals surface area contributed by atoms with Crippen molar-refractivity contribution in [2.45, 2.75) is 19.9 Å². The van der Waals surface area contributed by atoms with Gasteiger partial charge in [0.2, 0.25) is 5.82 Å². The Labute approximate surface area is 98.0 Å². The van der Waals surface area contributed by atoms with Crippen molar-refractivity contribution < 1.29 is 14.5 Å². The Morgan fingerprint density at radius 3 is 2.65 bits per heavy atom. The Bertz CT molecular complexity index is 445. The van der Waals surface area contributed by atoms with Crippen molar-refractivity contribution in [2.75, 3.05) is 12.4 Å². The molecule has 0 bridgehead atoms. The molecule has 1 aromatic heterocycles. The number of hydrogen-bond donors (Lipinski definition) is 1. The number of hydrogen-bond acceptors (Lipinski definition) is 6. The fraction of sp³-hybridized carbons (Fsp3) is 0.400. The molecular weight excluding hydrogens is 226 g/mol. The largest absolute Gasteiger partial charge is 0.464 e. The number of pyridine rings is 1. The maximum absolute atomic E-state index is 11.3. The standard InChI is InChI=1S/C10H13N3O4/c1-6(2)11-9-8(13(15)16)5-4-7(12-9)10(14)17-3/h4-6H,1-3H3,(H,11,12). The van der Waals surface area contributed by atoms with Gasteiger partial charge >= 0.3 is 11.7 Å². The average Bonchev–Trinajstić information content (AvgIpc) is 2.26. The molecule has 0 unspecified atom stereocenters. The van der Waals surface area contributed by atoms with Crippen molar-refractivity contribution in [3.05, 3.63) is 27.9 Å². The van der Waals surface area contributed by atoms with Crippen LogP contribution in [0.4, 0.5) is 11.5 Å². The van der Waals surface area contributed by atoms with Gasteiger partial charge in [0, 0.05) is 12.1 Å². The third kappa shape index (κ3) is 3.13. The van der Waals surface area contributed by atoms with Crippen LogP contribution in [0.15, 0.2) is 12.1 Å². The highest BCUT2D eigenvalue weighted by molar-refractivity contribution is 5.88. The summed E-state index contributed by atoms with van der Waals surface area (Å²) in [6, 6.07) is 2.45. The number of nitro groups is 1. The lowest BCUT2D eigenvalue weighted by Crippen LogP contribution is -2.15. The first-order chi connectivity index (χ1) is 7.95. The molecule has 1 rings (SSSR count). The first-order valence-electron chi connectivity index (χ1n) is 4.96. The SMILES string of the molecule is COC(=O)c1ccc([N+](=O)[O-])c(NC(C)C)n1. The van der Waals surface area contributed by atoms with E-state index in [1.807, 2.05) is 13.8 Å². The molecular formula is C10H13N3O4. The third-order valence-electron chi connectivity index (χ3n) is 1.89. The highest BCUT2D eigenvalue weighted by Crippen LogP contribution is 2.22. The predicted molar refractivity (Wildman–Crippen MR) is 61.0 cm³/mol. The van der Waals surface area contributed by atoms with Crippen LogP contribution in [0, 0.1) is 10.1 Å². The molecule has 7 nitrogen and oxygen atoms in total. The molecule has 0 aliphatic heterocycles.